The van der Waals surface area contributed by atoms with Crippen LogP contribution in [0.5, 0.6) is 0 Å². The van der Waals surface area contributed by atoms with Gasteiger partial charge in [0.2, 0.25) is 0 Å². The topological polar surface area (TPSA) is 12.0 Å². The highest BCUT2D eigenvalue weighted by Crippen LogP contribution is 2.45. The molecule has 2 aliphatic rings. The fourth-order valence-corrected chi connectivity index (χ4v) is 3.92. The Bertz CT molecular complexity index is 505. The van der Waals surface area contributed by atoms with E-state index in [1.807, 2.05) is 6.92 Å². The van der Waals surface area contributed by atoms with Crippen molar-refractivity contribution in [1.29, 1.82) is 0 Å². The second-order valence-corrected chi connectivity index (χ2v) is 6.26. The third-order valence-corrected chi connectivity index (χ3v) is 4.92. The largest absolute Gasteiger partial charge is 0.307 e. The third-order valence-electron chi connectivity index (χ3n) is 4.92. The van der Waals surface area contributed by atoms with E-state index in [1.165, 1.54) is 31.0 Å². The van der Waals surface area contributed by atoms with Gasteiger partial charge in [-0.3, -0.25) is 0 Å². The molecular formula is C17H21F2N. The zero-order valence-corrected chi connectivity index (χ0v) is 11.9. The molecule has 0 spiro atoms. The Labute approximate surface area is 119 Å². The molecule has 1 N–H and O–H groups in total. The molecule has 108 valence electrons. The maximum Gasteiger partial charge on any atom is 0.130 e. The summed E-state index contributed by atoms with van der Waals surface area (Å²) in [7, 11) is 0. The number of fused-ring (bicyclic) bond motifs is 2. The molecule has 5 unspecified atom stereocenters. The van der Waals surface area contributed by atoms with Crippen LogP contribution in [0.3, 0.4) is 0 Å². The molecule has 0 amide bonds. The van der Waals surface area contributed by atoms with Crippen molar-refractivity contribution in [3.05, 3.63) is 47.5 Å². The maximum absolute atomic E-state index is 13.8. The summed E-state index contributed by atoms with van der Waals surface area (Å²) in [4.78, 5) is 0. The minimum Gasteiger partial charge on any atom is -0.307 e. The van der Waals surface area contributed by atoms with Crippen LogP contribution in [0, 0.1) is 29.4 Å². The second-order valence-electron chi connectivity index (χ2n) is 6.26. The van der Waals surface area contributed by atoms with Gasteiger partial charge < -0.3 is 5.32 Å². The van der Waals surface area contributed by atoms with Gasteiger partial charge in [0.05, 0.1) is 0 Å². The second kappa shape index (κ2) is 5.28. The van der Waals surface area contributed by atoms with Crippen LogP contribution in [-0.4, -0.2) is 6.04 Å². The van der Waals surface area contributed by atoms with Crippen LogP contribution in [0.1, 0.15) is 38.3 Å². The molecule has 0 radical (unpaired) electrons. The summed E-state index contributed by atoms with van der Waals surface area (Å²) in [6.07, 6.45) is 7.07. The quantitative estimate of drug-likeness (QED) is 0.813. The van der Waals surface area contributed by atoms with Crippen LogP contribution in [0.2, 0.25) is 0 Å². The molecule has 2 bridgehead atoms. The summed E-state index contributed by atoms with van der Waals surface area (Å²) < 4.78 is 27.6. The van der Waals surface area contributed by atoms with Gasteiger partial charge >= 0.3 is 0 Å². The third kappa shape index (κ3) is 2.39. The predicted molar refractivity (Wildman–Crippen MR) is 76.2 cm³/mol. The molecule has 2 aliphatic carbocycles. The van der Waals surface area contributed by atoms with Crippen molar-refractivity contribution in [1.82, 2.24) is 5.32 Å². The number of hydrogen-bond donors (Lipinski definition) is 1. The predicted octanol–water partition coefficient (Wildman–Crippen LogP) is 4.22. The summed E-state index contributed by atoms with van der Waals surface area (Å²) in [6.45, 7) is 3.97. The van der Waals surface area contributed by atoms with E-state index in [4.69, 9.17) is 0 Å². The Morgan fingerprint density at radius 3 is 2.35 bits per heavy atom. The van der Waals surface area contributed by atoms with Gasteiger partial charge in [-0.05, 0) is 56.6 Å². The normalized spacial score (nSPS) is 30.7. The van der Waals surface area contributed by atoms with Crippen molar-refractivity contribution in [3.63, 3.8) is 0 Å². The average molecular weight is 277 g/mol. The van der Waals surface area contributed by atoms with Crippen LogP contribution in [0.25, 0.3) is 0 Å². The summed E-state index contributed by atoms with van der Waals surface area (Å²) in [5.74, 6) is 1.01. The van der Waals surface area contributed by atoms with E-state index in [0.29, 0.717) is 11.8 Å². The molecule has 3 heteroatoms. The van der Waals surface area contributed by atoms with Crippen LogP contribution >= 0.6 is 0 Å². The number of rotatable bonds is 4. The van der Waals surface area contributed by atoms with Crippen molar-refractivity contribution in [3.8, 4) is 0 Å². The molecule has 1 saturated carbocycles. The van der Waals surface area contributed by atoms with Gasteiger partial charge in [-0.1, -0.05) is 18.2 Å². The van der Waals surface area contributed by atoms with E-state index in [9.17, 15) is 8.78 Å². The Kier molecular flexibility index (Phi) is 3.63. The highest BCUT2D eigenvalue weighted by molar-refractivity contribution is 5.23. The maximum atomic E-state index is 13.8. The number of benzene rings is 1. The van der Waals surface area contributed by atoms with Crippen molar-refractivity contribution < 1.29 is 8.78 Å². The molecule has 0 saturated heterocycles. The fraction of sp³-hybridized carbons (Fsp3) is 0.529. The first kappa shape index (κ1) is 13.7. The molecule has 0 aliphatic heterocycles. The summed E-state index contributed by atoms with van der Waals surface area (Å²) >= 11 is 0. The molecule has 1 fully saturated rings. The Morgan fingerprint density at radius 1 is 1.10 bits per heavy atom. The van der Waals surface area contributed by atoms with Gasteiger partial charge in [-0.15, -0.1) is 0 Å². The van der Waals surface area contributed by atoms with Crippen molar-refractivity contribution >= 4 is 0 Å². The molecule has 1 aromatic rings. The standard InChI is InChI=1S/C17H21F2N/c1-10(14-9-12-6-7-13(14)8-12)20-11(2)17-15(18)4-3-5-16(17)19/h3-7,10-14,20H,8-9H2,1-2H3. The number of hydrogen-bond acceptors (Lipinski definition) is 1. The van der Waals surface area contributed by atoms with Crippen molar-refractivity contribution in [2.75, 3.05) is 0 Å². The number of allylic oxidation sites excluding steroid dienone is 2. The van der Waals surface area contributed by atoms with Crippen LogP contribution in [-0.2, 0) is 0 Å². The lowest BCUT2D eigenvalue weighted by molar-refractivity contribution is 0.302. The first-order valence-corrected chi connectivity index (χ1v) is 7.44. The van der Waals surface area contributed by atoms with E-state index >= 15 is 0 Å². The monoisotopic (exact) mass is 277 g/mol. The smallest absolute Gasteiger partial charge is 0.130 e. The summed E-state index contributed by atoms with van der Waals surface area (Å²) in [5.41, 5.74) is 0.151. The van der Waals surface area contributed by atoms with Gasteiger partial charge in [0.1, 0.15) is 11.6 Å². The zero-order valence-electron chi connectivity index (χ0n) is 11.9. The molecular weight excluding hydrogens is 256 g/mol. The van der Waals surface area contributed by atoms with Gasteiger partial charge in [0.25, 0.3) is 0 Å². The van der Waals surface area contributed by atoms with E-state index in [1.54, 1.807) is 0 Å². The first-order chi connectivity index (χ1) is 9.56. The molecule has 1 nitrogen and oxygen atoms in total. The Hall–Kier alpha value is -1.22. The van der Waals surface area contributed by atoms with Crippen molar-refractivity contribution in [2.24, 2.45) is 17.8 Å². The van der Waals surface area contributed by atoms with Gasteiger partial charge in [-0.2, -0.15) is 0 Å². The van der Waals surface area contributed by atoms with E-state index in [0.717, 1.165) is 5.92 Å². The minimum absolute atomic E-state index is 0.151. The number of nitrogens with one attached hydrogen (secondary N) is 1. The van der Waals surface area contributed by atoms with E-state index in [-0.39, 0.29) is 17.6 Å². The molecule has 5 atom stereocenters. The zero-order chi connectivity index (χ0) is 14.3. The van der Waals surface area contributed by atoms with Gasteiger partial charge in [0, 0.05) is 17.6 Å². The first-order valence-electron chi connectivity index (χ1n) is 7.44. The molecule has 20 heavy (non-hydrogen) atoms. The lowest BCUT2D eigenvalue weighted by Crippen LogP contribution is -2.37. The number of halogens is 2. The van der Waals surface area contributed by atoms with Gasteiger partial charge in [-0.25, -0.2) is 8.78 Å². The highest BCUT2D eigenvalue weighted by atomic mass is 19.1. The van der Waals surface area contributed by atoms with Crippen molar-refractivity contribution in [2.45, 2.75) is 38.8 Å². The van der Waals surface area contributed by atoms with E-state index < -0.39 is 11.6 Å². The van der Waals surface area contributed by atoms with Crippen LogP contribution in [0.15, 0.2) is 30.4 Å². The summed E-state index contributed by atoms with van der Waals surface area (Å²) in [5, 5.41) is 3.39. The molecule has 3 rings (SSSR count). The summed E-state index contributed by atoms with van der Waals surface area (Å²) in [6, 6.07) is 4.01. The minimum atomic E-state index is -0.468. The Balaban J connectivity index is 1.70. The van der Waals surface area contributed by atoms with Crippen LogP contribution < -0.4 is 5.32 Å². The SMILES string of the molecule is CC(NC(C)C1CC2C=CC1C2)c1c(F)cccc1F. The molecule has 1 aromatic carbocycles. The fourth-order valence-electron chi connectivity index (χ4n) is 3.92. The average Bonchev–Trinajstić information content (AvgIpc) is 3.00. The van der Waals surface area contributed by atoms with E-state index in [2.05, 4.69) is 24.4 Å². The molecule has 0 heterocycles. The Morgan fingerprint density at radius 2 is 1.80 bits per heavy atom. The van der Waals surface area contributed by atoms with Crippen LogP contribution in [0.4, 0.5) is 8.78 Å². The highest BCUT2D eigenvalue weighted by Gasteiger charge is 2.38. The lowest BCUT2D eigenvalue weighted by atomic mass is 9.87. The molecule has 0 aromatic heterocycles. The lowest BCUT2D eigenvalue weighted by Gasteiger charge is -2.29. The van der Waals surface area contributed by atoms with Gasteiger partial charge in [0.15, 0.2) is 0 Å².